The fourth-order valence-corrected chi connectivity index (χ4v) is 8.92. The number of anilines is 3. The van der Waals surface area contributed by atoms with Crippen molar-refractivity contribution >= 4 is 17.1 Å². The Balaban J connectivity index is 1.30. The van der Waals surface area contributed by atoms with Crippen LogP contribution < -0.4 is 9.64 Å². The van der Waals surface area contributed by atoms with Crippen LogP contribution in [0.5, 0.6) is 11.5 Å². The minimum absolute atomic E-state index is 0.118. The third-order valence-electron chi connectivity index (χ3n) is 10.9. The minimum Gasteiger partial charge on any atom is -0.457 e. The van der Waals surface area contributed by atoms with Gasteiger partial charge in [-0.15, -0.1) is 0 Å². The molecule has 0 bridgehead atoms. The van der Waals surface area contributed by atoms with Gasteiger partial charge in [0, 0.05) is 27.9 Å². The van der Waals surface area contributed by atoms with Crippen molar-refractivity contribution in [2.75, 3.05) is 4.90 Å². The molecule has 228 valence electrons. The highest BCUT2D eigenvalue weighted by molar-refractivity contribution is 5.93. The van der Waals surface area contributed by atoms with Crippen LogP contribution in [0.4, 0.5) is 17.1 Å². The quantitative estimate of drug-likeness (QED) is 0.196. The van der Waals surface area contributed by atoms with Crippen LogP contribution in [0.3, 0.4) is 0 Å². The van der Waals surface area contributed by atoms with Crippen LogP contribution in [0.15, 0.2) is 164 Å². The Morgan fingerprint density at radius 1 is 0.417 bits per heavy atom. The van der Waals surface area contributed by atoms with Crippen molar-refractivity contribution < 1.29 is 4.74 Å². The SMILES string of the molecule is CC1(C)c2ccccc2-c2ccc(N(c3ccccc3)c3cccc4c3C3(c5ccccc5O4)c4ccccc4-c4ccccc43)cc21. The van der Waals surface area contributed by atoms with E-state index in [1.807, 2.05) is 0 Å². The molecule has 1 spiro atoms. The maximum Gasteiger partial charge on any atom is 0.134 e. The molecule has 0 aromatic heterocycles. The Bertz CT molecular complexity index is 2370. The summed E-state index contributed by atoms with van der Waals surface area (Å²) in [5.74, 6) is 1.78. The van der Waals surface area contributed by atoms with E-state index in [9.17, 15) is 0 Å². The summed E-state index contributed by atoms with van der Waals surface area (Å²) < 4.78 is 6.88. The van der Waals surface area contributed by atoms with Crippen molar-refractivity contribution in [1.82, 2.24) is 0 Å². The molecule has 0 radical (unpaired) electrons. The first-order valence-electron chi connectivity index (χ1n) is 16.8. The minimum atomic E-state index is -0.576. The molecule has 0 N–H and O–H groups in total. The molecule has 10 rings (SSSR count). The molecule has 0 unspecified atom stereocenters. The van der Waals surface area contributed by atoms with Crippen LogP contribution in [-0.2, 0) is 10.8 Å². The molecule has 0 fully saturated rings. The van der Waals surface area contributed by atoms with E-state index in [4.69, 9.17) is 4.74 Å². The van der Waals surface area contributed by atoms with Gasteiger partial charge in [0.25, 0.3) is 0 Å². The van der Waals surface area contributed by atoms with Crippen molar-refractivity contribution in [1.29, 1.82) is 0 Å². The highest BCUT2D eigenvalue weighted by Gasteiger charge is 2.52. The summed E-state index contributed by atoms with van der Waals surface area (Å²) >= 11 is 0. The average molecular weight is 616 g/mol. The maximum absolute atomic E-state index is 6.88. The topological polar surface area (TPSA) is 12.5 Å². The molecule has 0 saturated carbocycles. The van der Waals surface area contributed by atoms with E-state index < -0.39 is 5.41 Å². The van der Waals surface area contributed by atoms with Crippen LogP contribution in [-0.4, -0.2) is 0 Å². The van der Waals surface area contributed by atoms with Gasteiger partial charge in [-0.3, -0.25) is 0 Å². The van der Waals surface area contributed by atoms with Crippen LogP contribution in [0, 0.1) is 0 Å². The summed E-state index contributed by atoms with van der Waals surface area (Å²) in [4.78, 5) is 2.45. The summed E-state index contributed by atoms with van der Waals surface area (Å²) in [6.07, 6.45) is 0. The number of para-hydroxylation sites is 2. The molecule has 1 aliphatic heterocycles. The Labute approximate surface area is 281 Å². The first kappa shape index (κ1) is 27.3. The molecule has 0 atom stereocenters. The molecule has 2 nitrogen and oxygen atoms in total. The number of hydrogen-bond donors (Lipinski definition) is 0. The van der Waals surface area contributed by atoms with Crippen LogP contribution in [0.2, 0.25) is 0 Å². The third-order valence-corrected chi connectivity index (χ3v) is 10.9. The predicted molar refractivity (Wildman–Crippen MR) is 196 cm³/mol. The molecule has 48 heavy (non-hydrogen) atoms. The number of hydrogen-bond acceptors (Lipinski definition) is 2. The Kier molecular flexibility index (Phi) is 5.58. The first-order chi connectivity index (χ1) is 23.6. The van der Waals surface area contributed by atoms with Gasteiger partial charge >= 0.3 is 0 Å². The highest BCUT2D eigenvalue weighted by Crippen LogP contribution is 2.64. The summed E-state index contributed by atoms with van der Waals surface area (Å²) in [5, 5.41) is 0. The normalized spacial score (nSPS) is 15.0. The second-order valence-electron chi connectivity index (χ2n) is 13.7. The molecule has 7 aromatic rings. The second kappa shape index (κ2) is 9.82. The zero-order chi connectivity index (χ0) is 32.0. The van der Waals surface area contributed by atoms with Gasteiger partial charge < -0.3 is 9.64 Å². The maximum atomic E-state index is 6.88. The molecule has 0 amide bonds. The lowest BCUT2D eigenvalue weighted by atomic mass is 9.65. The largest absolute Gasteiger partial charge is 0.457 e. The molecule has 1 heterocycles. The lowest BCUT2D eigenvalue weighted by molar-refractivity contribution is 0.437. The molecule has 2 heteroatoms. The zero-order valence-electron chi connectivity index (χ0n) is 26.9. The summed E-state index contributed by atoms with van der Waals surface area (Å²) in [5.41, 5.74) is 15.5. The van der Waals surface area contributed by atoms with E-state index in [1.165, 1.54) is 50.1 Å². The molecular formula is C46H33NO. The number of ether oxygens (including phenoxy) is 1. The van der Waals surface area contributed by atoms with E-state index >= 15 is 0 Å². The van der Waals surface area contributed by atoms with E-state index in [2.05, 4.69) is 183 Å². The monoisotopic (exact) mass is 615 g/mol. The third kappa shape index (κ3) is 3.47. The van der Waals surface area contributed by atoms with E-state index in [1.54, 1.807) is 0 Å². The van der Waals surface area contributed by atoms with Crippen molar-refractivity contribution in [3.8, 4) is 33.8 Å². The molecular weight excluding hydrogens is 583 g/mol. The van der Waals surface area contributed by atoms with Gasteiger partial charge in [0.2, 0.25) is 0 Å². The number of fused-ring (bicyclic) bond motifs is 12. The Hall–Kier alpha value is -5.86. The van der Waals surface area contributed by atoms with Crippen LogP contribution >= 0.6 is 0 Å². The van der Waals surface area contributed by atoms with E-state index in [0.29, 0.717) is 0 Å². The predicted octanol–water partition coefficient (Wildman–Crippen LogP) is 11.9. The van der Waals surface area contributed by atoms with Crippen molar-refractivity contribution in [2.24, 2.45) is 0 Å². The van der Waals surface area contributed by atoms with E-state index in [0.717, 1.165) is 34.1 Å². The summed E-state index contributed by atoms with van der Waals surface area (Å²) in [7, 11) is 0. The lowest BCUT2D eigenvalue weighted by Crippen LogP contribution is -2.34. The smallest absolute Gasteiger partial charge is 0.134 e. The van der Waals surface area contributed by atoms with Gasteiger partial charge in [-0.2, -0.15) is 0 Å². The summed E-state index contributed by atoms with van der Waals surface area (Å²) in [6, 6.07) is 59.7. The van der Waals surface area contributed by atoms with Gasteiger partial charge in [0.1, 0.15) is 11.5 Å². The zero-order valence-corrected chi connectivity index (χ0v) is 26.9. The molecule has 2 aliphatic carbocycles. The first-order valence-corrected chi connectivity index (χ1v) is 16.8. The van der Waals surface area contributed by atoms with Crippen LogP contribution in [0.1, 0.15) is 47.2 Å². The average Bonchev–Trinajstić information content (AvgIpc) is 3.55. The standard InChI is InChI=1S/C46H33NO/c1-45(2)36-20-9-6-17-32(36)35-28-27-31(29-40(35)45)47(30-15-4-3-5-16-30)41-24-14-26-43-44(41)46(39-23-12-13-25-42(39)48-43)37-21-10-7-18-33(37)34-19-8-11-22-38(34)46/h3-29H,1-2H3. The Morgan fingerprint density at radius 2 is 0.958 bits per heavy atom. The van der Waals surface area contributed by atoms with Crippen molar-refractivity contribution in [3.63, 3.8) is 0 Å². The van der Waals surface area contributed by atoms with Crippen molar-refractivity contribution in [2.45, 2.75) is 24.7 Å². The van der Waals surface area contributed by atoms with E-state index in [-0.39, 0.29) is 5.41 Å². The van der Waals surface area contributed by atoms with Crippen molar-refractivity contribution in [3.05, 3.63) is 197 Å². The fraction of sp³-hybridized carbons (Fsp3) is 0.0870. The second-order valence-corrected chi connectivity index (χ2v) is 13.7. The molecule has 3 aliphatic rings. The van der Waals surface area contributed by atoms with Crippen LogP contribution in [0.25, 0.3) is 22.3 Å². The number of nitrogens with zero attached hydrogens (tertiary/aromatic N) is 1. The van der Waals surface area contributed by atoms with Gasteiger partial charge in [-0.25, -0.2) is 0 Å². The van der Waals surface area contributed by atoms with Gasteiger partial charge in [-0.05, 0) is 87.0 Å². The number of rotatable bonds is 3. The highest BCUT2D eigenvalue weighted by atomic mass is 16.5. The number of benzene rings is 7. The fourth-order valence-electron chi connectivity index (χ4n) is 8.92. The molecule has 0 saturated heterocycles. The van der Waals surface area contributed by atoms with Gasteiger partial charge in [0.15, 0.2) is 0 Å². The van der Waals surface area contributed by atoms with Gasteiger partial charge in [-0.1, -0.05) is 135 Å². The molecule has 7 aromatic carbocycles. The van der Waals surface area contributed by atoms with Gasteiger partial charge in [0.05, 0.1) is 11.1 Å². The Morgan fingerprint density at radius 3 is 1.67 bits per heavy atom. The summed E-state index contributed by atoms with van der Waals surface area (Å²) in [6.45, 7) is 4.70. The lowest BCUT2D eigenvalue weighted by Gasteiger charge is -2.42.